The average molecular weight is 766 g/mol. The number of aromatic nitrogens is 1. The lowest BCUT2D eigenvalue weighted by Crippen LogP contribution is -2.59. The SMILES string of the molecule is COc1cc2ccnc(O[C@@H]3C[C@H]4C(=O)N[C@]5(C(=O)NS(=O)(=O)C6(C(F)F)CC6)C[C@H]5C=CCC[C@@H](C)C[C@@H](C)[C@H](NC(=O)O)C(=O)N4C3)c2cc1F. The number of sulfonamides is 1. The Hall–Kier alpha value is -4.61. The van der Waals surface area contributed by atoms with Gasteiger partial charge in [-0.25, -0.2) is 31.4 Å². The molecule has 3 fully saturated rings. The standard InChI is InChI=1S/C35H42F3N5O9S/c1-18-6-4-5-7-21-16-35(21,32(46)42-53(49,50)34(9-10-34)31(37)38)41-28(44)25-14-22(17-43(25)30(45)27(19(2)12-18)40-33(47)48)52-29-23-15-24(36)26(51-3)13-20(23)8-11-39-29/h5,7-8,11,13,15,18-19,21-22,25,27,31,40H,4,6,9-10,12,14,16-17H2,1-3H3,(H,41,44)(H,42,46)(H,47,48)/t18-,19-,21-,22-,25+,27+,35-/m1/s1. The lowest BCUT2D eigenvalue weighted by Gasteiger charge is -2.32. The Balaban J connectivity index is 1.34. The minimum Gasteiger partial charge on any atom is -0.494 e. The van der Waals surface area contributed by atoms with Gasteiger partial charge in [0.15, 0.2) is 16.3 Å². The second-order valence-electron chi connectivity index (χ2n) is 14.6. The number of allylic oxidation sites excluding steroid dienone is 1. The number of hydrogen-bond donors (Lipinski definition) is 4. The molecule has 0 bridgehead atoms. The van der Waals surface area contributed by atoms with E-state index in [1.54, 1.807) is 25.1 Å². The van der Waals surface area contributed by atoms with Gasteiger partial charge in [0.2, 0.25) is 27.7 Å². The van der Waals surface area contributed by atoms with Crippen molar-refractivity contribution in [2.24, 2.45) is 17.8 Å². The van der Waals surface area contributed by atoms with Crippen molar-refractivity contribution in [1.29, 1.82) is 0 Å². The second-order valence-corrected chi connectivity index (χ2v) is 16.7. The Labute approximate surface area is 303 Å². The van der Waals surface area contributed by atoms with E-state index in [-0.39, 0.29) is 55.2 Å². The lowest BCUT2D eigenvalue weighted by atomic mass is 9.88. The highest BCUT2D eigenvalue weighted by Gasteiger charge is 2.66. The smallest absolute Gasteiger partial charge is 0.405 e. The first-order chi connectivity index (χ1) is 25.0. The minimum absolute atomic E-state index is 0.00598. The van der Waals surface area contributed by atoms with Crippen LogP contribution in [-0.2, 0) is 24.4 Å². The normalized spacial score (nSPS) is 30.0. The molecule has 1 aromatic carbocycles. The predicted molar refractivity (Wildman–Crippen MR) is 183 cm³/mol. The van der Waals surface area contributed by atoms with Gasteiger partial charge in [-0.15, -0.1) is 0 Å². The fraction of sp³-hybridized carbons (Fsp3) is 0.571. The number of carbonyl (C=O) groups is 4. The molecule has 53 heavy (non-hydrogen) atoms. The first-order valence-electron chi connectivity index (χ1n) is 17.4. The molecule has 1 saturated heterocycles. The molecule has 18 heteroatoms. The summed E-state index contributed by atoms with van der Waals surface area (Å²) >= 11 is 0. The Morgan fingerprint density at radius 1 is 1.17 bits per heavy atom. The third-order valence-corrected chi connectivity index (χ3v) is 13.0. The van der Waals surface area contributed by atoms with Crippen LogP contribution in [0, 0.1) is 23.6 Å². The summed E-state index contributed by atoms with van der Waals surface area (Å²) < 4.78 is 79.1. The van der Waals surface area contributed by atoms with Crippen molar-refractivity contribution in [1.82, 2.24) is 25.2 Å². The maximum atomic E-state index is 14.8. The Bertz CT molecular complexity index is 1940. The second kappa shape index (κ2) is 14.3. The largest absolute Gasteiger partial charge is 0.494 e. The molecule has 0 radical (unpaired) electrons. The van der Waals surface area contributed by atoms with Gasteiger partial charge in [-0.05, 0) is 73.9 Å². The van der Waals surface area contributed by atoms with Gasteiger partial charge in [0, 0.05) is 23.9 Å². The van der Waals surface area contributed by atoms with Crippen LogP contribution in [0.3, 0.4) is 0 Å². The number of benzene rings is 1. The van der Waals surface area contributed by atoms with Crippen molar-refractivity contribution >= 4 is 44.6 Å². The summed E-state index contributed by atoms with van der Waals surface area (Å²) in [6.45, 7) is 3.44. The van der Waals surface area contributed by atoms with Crippen LogP contribution in [0.1, 0.15) is 58.8 Å². The fourth-order valence-electron chi connectivity index (χ4n) is 7.55. The van der Waals surface area contributed by atoms with Crippen LogP contribution in [-0.4, -0.2) is 95.8 Å². The Morgan fingerprint density at radius 3 is 2.57 bits per heavy atom. The molecule has 4 amide bonds. The number of rotatable bonds is 8. The van der Waals surface area contributed by atoms with Crippen LogP contribution in [0.25, 0.3) is 10.8 Å². The summed E-state index contributed by atoms with van der Waals surface area (Å²) in [6.07, 6.45) is 0.0133. The molecule has 14 nitrogen and oxygen atoms in total. The van der Waals surface area contributed by atoms with Crippen molar-refractivity contribution in [3.05, 3.63) is 42.4 Å². The van der Waals surface area contributed by atoms with Gasteiger partial charge < -0.3 is 30.1 Å². The first kappa shape index (κ1) is 38.1. The Kier molecular flexibility index (Phi) is 10.3. The van der Waals surface area contributed by atoms with Crippen LogP contribution in [0.4, 0.5) is 18.0 Å². The highest BCUT2D eigenvalue weighted by molar-refractivity contribution is 7.91. The third-order valence-electron chi connectivity index (χ3n) is 10.9. The molecular weight excluding hydrogens is 723 g/mol. The predicted octanol–water partition coefficient (Wildman–Crippen LogP) is 3.50. The Morgan fingerprint density at radius 2 is 1.91 bits per heavy atom. The van der Waals surface area contributed by atoms with Gasteiger partial charge in [-0.2, -0.15) is 0 Å². The molecule has 1 aromatic heterocycles. The molecule has 0 unspecified atom stereocenters. The maximum Gasteiger partial charge on any atom is 0.405 e. The summed E-state index contributed by atoms with van der Waals surface area (Å²) in [6, 6.07) is 1.62. The summed E-state index contributed by atoms with van der Waals surface area (Å²) in [7, 11) is -3.52. The molecule has 288 valence electrons. The monoisotopic (exact) mass is 765 g/mol. The van der Waals surface area contributed by atoms with E-state index >= 15 is 0 Å². The van der Waals surface area contributed by atoms with Gasteiger partial charge in [0.1, 0.15) is 23.7 Å². The number of fused-ring (bicyclic) bond motifs is 3. The van der Waals surface area contributed by atoms with E-state index in [9.17, 15) is 45.9 Å². The molecule has 3 heterocycles. The first-order valence-corrected chi connectivity index (χ1v) is 18.9. The molecule has 2 aliphatic heterocycles. The topological polar surface area (TPSA) is 193 Å². The van der Waals surface area contributed by atoms with E-state index in [0.29, 0.717) is 24.6 Å². The zero-order chi connectivity index (χ0) is 38.5. The van der Waals surface area contributed by atoms with Crippen LogP contribution in [0.15, 0.2) is 36.5 Å². The fourth-order valence-corrected chi connectivity index (χ4v) is 9.05. The summed E-state index contributed by atoms with van der Waals surface area (Å²) in [5.74, 6) is -4.64. The van der Waals surface area contributed by atoms with Crippen LogP contribution in [0.5, 0.6) is 11.6 Å². The van der Waals surface area contributed by atoms with Crippen molar-refractivity contribution in [2.45, 2.75) is 93.7 Å². The van der Waals surface area contributed by atoms with Crippen molar-refractivity contribution in [3.63, 3.8) is 0 Å². The molecule has 2 aromatic rings. The van der Waals surface area contributed by atoms with Gasteiger partial charge in [0.05, 0.1) is 13.7 Å². The molecule has 4 aliphatic rings. The lowest BCUT2D eigenvalue weighted by molar-refractivity contribution is -0.142. The molecule has 0 spiro atoms. The zero-order valence-corrected chi connectivity index (χ0v) is 30.1. The number of alkyl halides is 2. The number of hydrogen-bond acceptors (Lipinski definition) is 9. The average Bonchev–Trinajstić information content (AvgIpc) is 4.00. The number of nitrogens with zero attached hydrogens (tertiary/aromatic N) is 2. The molecule has 4 N–H and O–H groups in total. The van der Waals surface area contributed by atoms with Gasteiger partial charge in [-0.3, -0.25) is 19.1 Å². The van der Waals surface area contributed by atoms with E-state index < -0.39 is 86.4 Å². The van der Waals surface area contributed by atoms with E-state index in [1.165, 1.54) is 25.4 Å². The third kappa shape index (κ3) is 7.33. The van der Waals surface area contributed by atoms with Crippen LogP contribution >= 0.6 is 0 Å². The van der Waals surface area contributed by atoms with Crippen molar-refractivity contribution in [2.75, 3.05) is 13.7 Å². The van der Waals surface area contributed by atoms with E-state index in [0.717, 1.165) is 4.90 Å². The van der Waals surface area contributed by atoms with Crippen molar-refractivity contribution in [3.8, 4) is 11.6 Å². The molecule has 6 rings (SSSR count). The van der Waals surface area contributed by atoms with Gasteiger partial charge in [0.25, 0.3) is 12.3 Å². The molecule has 2 aliphatic carbocycles. The van der Waals surface area contributed by atoms with Gasteiger partial charge >= 0.3 is 6.09 Å². The number of nitrogens with one attached hydrogen (secondary N) is 3. The molecule has 2 saturated carbocycles. The highest BCUT2D eigenvalue weighted by atomic mass is 32.2. The number of methoxy groups -OCH3 is 1. The number of halogens is 3. The summed E-state index contributed by atoms with van der Waals surface area (Å²) in [4.78, 5) is 59.6. The highest BCUT2D eigenvalue weighted by Crippen LogP contribution is 2.50. The summed E-state index contributed by atoms with van der Waals surface area (Å²) in [5.41, 5.74) is -1.84. The van der Waals surface area contributed by atoms with Crippen LogP contribution in [0.2, 0.25) is 0 Å². The minimum atomic E-state index is -4.83. The number of carbonyl (C=O) groups excluding carboxylic acids is 3. The zero-order valence-electron chi connectivity index (χ0n) is 29.3. The van der Waals surface area contributed by atoms with Crippen LogP contribution < -0.4 is 24.8 Å². The number of pyridine rings is 1. The maximum absolute atomic E-state index is 14.8. The number of ether oxygens (including phenoxy) is 2. The quantitative estimate of drug-likeness (QED) is 0.289. The van der Waals surface area contributed by atoms with E-state index in [4.69, 9.17) is 9.47 Å². The summed E-state index contributed by atoms with van der Waals surface area (Å²) in [5, 5.41) is 15.5. The molecular formula is C35H42F3N5O9S. The van der Waals surface area contributed by atoms with Crippen molar-refractivity contribution < 1.29 is 55.3 Å². The number of amides is 4. The van der Waals surface area contributed by atoms with E-state index in [1.807, 2.05) is 11.6 Å². The van der Waals surface area contributed by atoms with E-state index in [2.05, 4.69) is 15.6 Å². The number of carboxylic acid groups (broad SMARTS) is 1. The van der Waals surface area contributed by atoms with Gasteiger partial charge in [-0.1, -0.05) is 26.0 Å². The molecule has 7 atom stereocenters.